The van der Waals surface area contributed by atoms with Crippen LogP contribution in [-0.2, 0) is 0 Å². The fourth-order valence-corrected chi connectivity index (χ4v) is 3.19. The van der Waals surface area contributed by atoms with E-state index >= 15 is 0 Å². The predicted octanol–water partition coefficient (Wildman–Crippen LogP) is 3.44. The largest absolute Gasteiger partial charge is 0.345 e. The number of hydrogen-bond acceptors (Lipinski definition) is 4. The molecule has 102 valence electrons. The van der Waals surface area contributed by atoms with Crippen LogP contribution in [0.5, 0.6) is 0 Å². The first-order valence-electron chi connectivity index (χ1n) is 7.07. The van der Waals surface area contributed by atoms with E-state index in [-0.39, 0.29) is 0 Å². The Morgan fingerprint density at radius 2 is 2.17 bits per heavy atom. The molecule has 18 heavy (non-hydrogen) atoms. The molecule has 0 bridgehead atoms. The van der Waals surface area contributed by atoms with Gasteiger partial charge in [-0.2, -0.15) is 0 Å². The van der Waals surface area contributed by atoms with Crippen molar-refractivity contribution in [1.29, 1.82) is 0 Å². The molecule has 1 saturated carbocycles. The summed E-state index contributed by atoms with van der Waals surface area (Å²) in [5.74, 6) is 0.908. The van der Waals surface area contributed by atoms with E-state index in [0.717, 1.165) is 12.5 Å². The van der Waals surface area contributed by atoms with Gasteiger partial charge in [0.15, 0.2) is 5.13 Å². The van der Waals surface area contributed by atoms with Crippen LogP contribution in [0.4, 0.5) is 5.13 Å². The molecular formula is C14H25N3S. The van der Waals surface area contributed by atoms with Crippen LogP contribution >= 0.6 is 11.3 Å². The minimum absolute atomic E-state index is 0.413. The maximum absolute atomic E-state index is 4.63. The van der Waals surface area contributed by atoms with E-state index in [1.165, 1.54) is 29.4 Å². The van der Waals surface area contributed by atoms with Gasteiger partial charge in [-0.05, 0) is 46.1 Å². The van der Waals surface area contributed by atoms with Gasteiger partial charge in [0, 0.05) is 29.7 Å². The van der Waals surface area contributed by atoms with Crippen LogP contribution in [0.25, 0.3) is 0 Å². The molecule has 1 heterocycles. The fraction of sp³-hybridized carbons (Fsp3) is 0.786. The second kappa shape index (κ2) is 6.02. The van der Waals surface area contributed by atoms with E-state index in [2.05, 4.69) is 42.9 Å². The van der Waals surface area contributed by atoms with Crippen molar-refractivity contribution < 1.29 is 0 Å². The lowest BCUT2D eigenvalue weighted by molar-refractivity contribution is 0.606. The standard InChI is InChI=1S/C14H25N3S/c1-5-15-11(4)13-8-16-14(18-13)17(10(2)3)9-12-6-7-12/h8,10-12,15H,5-7,9H2,1-4H3. The van der Waals surface area contributed by atoms with Crippen molar-refractivity contribution >= 4 is 16.5 Å². The molecule has 0 amide bonds. The van der Waals surface area contributed by atoms with Gasteiger partial charge in [0.1, 0.15) is 0 Å². The van der Waals surface area contributed by atoms with Gasteiger partial charge in [-0.15, -0.1) is 11.3 Å². The van der Waals surface area contributed by atoms with Crippen LogP contribution in [0.1, 0.15) is 51.5 Å². The number of nitrogens with one attached hydrogen (secondary N) is 1. The van der Waals surface area contributed by atoms with E-state index in [1.807, 2.05) is 17.5 Å². The summed E-state index contributed by atoms with van der Waals surface area (Å²) < 4.78 is 0. The number of nitrogens with zero attached hydrogens (tertiary/aromatic N) is 2. The van der Waals surface area contributed by atoms with Crippen LogP contribution < -0.4 is 10.2 Å². The third-order valence-corrected chi connectivity index (χ3v) is 4.69. The Labute approximate surface area is 115 Å². The maximum Gasteiger partial charge on any atom is 0.185 e. The first-order valence-corrected chi connectivity index (χ1v) is 7.89. The first kappa shape index (κ1) is 13.8. The molecule has 1 fully saturated rings. The van der Waals surface area contributed by atoms with E-state index in [4.69, 9.17) is 0 Å². The molecule has 2 rings (SSSR count). The zero-order valence-electron chi connectivity index (χ0n) is 11.9. The molecule has 0 spiro atoms. The minimum atomic E-state index is 0.413. The highest BCUT2D eigenvalue weighted by Gasteiger charge is 2.27. The van der Waals surface area contributed by atoms with E-state index in [9.17, 15) is 0 Å². The third kappa shape index (κ3) is 3.45. The van der Waals surface area contributed by atoms with Crippen molar-refractivity contribution in [1.82, 2.24) is 10.3 Å². The van der Waals surface area contributed by atoms with Gasteiger partial charge < -0.3 is 10.2 Å². The number of aromatic nitrogens is 1. The fourth-order valence-electron chi connectivity index (χ4n) is 2.11. The van der Waals surface area contributed by atoms with Gasteiger partial charge in [0.2, 0.25) is 0 Å². The zero-order chi connectivity index (χ0) is 13.1. The Bertz CT molecular complexity index is 371. The van der Waals surface area contributed by atoms with E-state index in [1.54, 1.807) is 0 Å². The Morgan fingerprint density at radius 3 is 2.72 bits per heavy atom. The summed E-state index contributed by atoms with van der Waals surface area (Å²) in [6.07, 6.45) is 4.83. The van der Waals surface area contributed by atoms with Crippen LogP contribution in [0, 0.1) is 5.92 Å². The molecule has 1 atom stereocenters. The maximum atomic E-state index is 4.63. The third-order valence-electron chi connectivity index (χ3n) is 3.47. The average Bonchev–Trinajstić information content (AvgIpc) is 3.01. The summed E-state index contributed by atoms with van der Waals surface area (Å²) in [4.78, 5) is 8.43. The van der Waals surface area contributed by atoms with Gasteiger partial charge in [-0.25, -0.2) is 4.98 Å². The Balaban J connectivity index is 2.05. The molecule has 4 heteroatoms. The van der Waals surface area contributed by atoms with Crippen LogP contribution in [-0.4, -0.2) is 24.1 Å². The van der Waals surface area contributed by atoms with Crippen LogP contribution in [0.3, 0.4) is 0 Å². The normalized spacial score (nSPS) is 17.2. The monoisotopic (exact) mass is 267 g/mol. The quantitative estimate of drug-likeness (QED) is 0.820. The Kier molecular flexibility index (Phi) is 4.62. The topological polar surface area (TPSA) is 28.2 Å². The SMILES string of the molecule is CCNC(C)c1cnc(N(CC2CC2)C(C)C)s1. The number of anilines is 1. The molecule has 0 saturated heterocycles. The van der Waals surface area contributed by atoms with Gasteiger partial charge in [0.25, 0.3) is 0 Å². The highest BCUT2D eigenvalue weighted by atomic mass is 32.1. The molecule has 3 nitrogen and oxygen atoms in total. The van der Waals surface area contributed by atoms with Crippen LogP contribution in [0.15, 0.2) is 6.20 Å². The van der Waals surface area contributed by atoms with Crippen molar-refractivity contribution in [2.75, 3.05) is 18.0 Å². The molecule has 1 aromatic heterocycles. The number of thiazole rings is 1. The average molecular weight is 267 g/mol. The van der Waals surface area contributed by atoms with Gasteiger partial charge in [-0.1, -0.05) is 6.92 Å². The van der Waals surface area contributed by atoms with Crippen molar-refractivity contribution in [3.05, 3.63) is 11.1 Å². The molecule has 1 aliphatic carbocycles. The van der Waals surface area contributed by atoms with Crippen molar-refractivity contribution in [3.8, 4) is 0 Å². The van der Waals surface area contributed by atoms with Gasteiger partial charge in [0.05, 0.1) is 0 Å². The second-order valence-corrected chi connectivity index (χ2v) is 6.55. The minimum Gasteiger partial charge on any atom is -0.345 e. The summed E-state index contributed by atoms with van der Waals surface area (Å²) in [6.45, 7) is 11.1. The highest BCUT2D eigenvalue weighted by molar-refractivity contribution is 7.15. The first-order chi connectivity index (χ1) is 8.61. The lowest BCUT2D eigenvalue weighted by atomic mass is 10.3. The van der Waals surface area contributed by atoms with Crippen LogP contribution in [0.2, 0.25) is 0 Å². The molecule has 0 aromatic carbocycles. The van der Waals surface area contributed by atoms with Gasteiger partial charge in [-0.3, -0.25) is 0 Å². The molecule has 1 N–H and O–H groups in total. The lowest BCUT2D eigenvalue weighted by Crippen LogP contribution is -2.32. The number of rotatable bonds is 7. The van der Waals surface area contributed by atoms with E-state index < -0.39 is 0 Å². The molecule has 0 radical (unpaired) electrons. The molecule has 1 aliphatic rings. The molecule has 1 aromatic rings. The number of hydrogen-bond donors (Lipinski definition) is 1. The highest BCUT2D eigenvalue weighted by Crippen LogP contribution is 2.34. The van der Waals surface area contributed by atoms with E-state index in [0.29, 0.717) is 12.1 Å². The van der Waals surface area contributed by atoms with Crippen molar-refractivity contribution in [3.63, 3.8) is 0 Å². The smallest absolute Gasteiger partial charge is 0.185 e. The summed E-state index contributed by atoms with van der Waals surface area (Å²) in [5.41, 5.74) is 0. The summed E-state index contributed by atoms with van der Waals surface area (Å²) in [7, 11) is 0. The summed E-state index contributed by atoms with van der Waals surface area (Å²) >= 11 is 1.84. The zero-order valence-corrected chi connectivity index (χ0v) is 12.8. The second-order valence-electron chi connectivity index (χ2n) is 5.51. The molecule has 0 aliphatic heterocycles. The van der Waals surface area contributed by atoms with Gasteiger partial charge >= 0.3 is 0 Å². The lowest BCUT2D eigenvalue weighted by Gasteiger charge is -2.26. The molecule has 1 unspecified atom stereocenters. The Morgan fingerprint density at radius 1 is 1.44 bits per heavy atom. The van der Waals surface area contributed by atoms with Crippen molar-refractivity contribution in [2.45, 2.75) is 52.6 Å². The Hall–Kier alpha value is -0.610. The molecular weight excluding hydrogens is 242 g/mol. The summed E-state index contributed by atoms with van der Waals surface area (Å²) in [6, 6.07) is 0.954. The summed E-state index contributed by atoms with van der Waals surface area (Å²) in [5, 5.41) is 4.64. The van der Waals surface area contributed by atoms with Crippen molar-refractivity contribution in [2.24, 2.45) is 5.92 Å². The predicted molar refractivity (Wildman–Crippen MR) is 79.4 cm³/mol.